The molecule has 15 heavy (non-hydrogen) atoms. The zero-order chi connectivity index (χ0) is 10.7. The lowest BCUT2D eigenvalue weighted by molar-refractivity contribution is 0.176. The van der Waals surface area contributed by atoms with E-state index in [0.717, 1.165) is 18.0 Å². The molecule has 0 aromatic carbocycles. The van der Waals surface area contributed by atoms with Crippen LogP contribution in [-0.4, -0.2) is 37.1 Å². The quantitative estimate of drug-likeness (QED) is 0.765. The van der Waals surface area contributed by atoms with Crippen molar-refractivity contribution in [2.24, 2.45) is 5.92 Å². The van der Waals surface area contributed by atoms with Gasteiger partial charge in [0.25, 0.3) is 0 Å². The highest BCUT2D eigenvalue weighted by Crippen LogP contribution is 2.34. The zero-order valence-corrected chi connectivity index (χ0v) is 10.3. The van der Waals surface area contributed by atoms with Gasteiger partial charge in [0.2, 0.25) is 0 Å². The van der Waals surface area contributed by atoms with Crippen LogP contribution in [-0.2, 0) is 0 Å². The van der Waals surface area contributed by atoms with Crippen LogP contribution in [0.5, 0.6) is 0 Å². The predicted molar refractivity (Wildman–Crippen MR) is 65.1 cm³/mol. The molecule has 2 aliphatic rings. The molecule has 0 radical (unpaired) electrons. The van der Waals surface area contributed by atoms with Crippen molar-refractivity contribution in [1.82, 2.24) is 10.2 Å². The Morgan fingerprint density at radius 1 is 1.27 bits per heavy atom. The highest BCUT2D eigenvalue weighted by molar-refractivity contribution is 4.90. The second-order valence-electron chi connectivity index (χ2n) is 5.33. The van der Waals surface area contributed by atoms with Crippen LogP contribution in [0.1, 0.15) is 45.4 Å². The molecular formula is C13H26N2. The van der Waals surface area contributed by atoms with Crippen molar-refractivity contribution in [1.29, 1.82) is 0 Å². The number of hydrogen-bond donors (Lipinski definition) is 1. The average molecular weight is 210 g/mol. The van der Waals surface area contributed by atoms with Crippen molar-refractivity contribution in [3.05, 3.63) is 0 Å². The molecule has 1 aliphatic heterocycles. The summed E-state index contributed by atoms with van der Waals surface area (Å²) in [4.78, 5) is 2.80. The number of hydrogen-bond acceptors (Lipinski definition) is 2. The number of nitrogens with one attached hydrogen (secondary N) is 1. The Morgan fingerprint density at radius 3 is 2.80 bits per heavy atom. The van der Waals surface area contributed by atoms with E-state index in [2.05, 4.69) is 24.2 Å². The molecule has 3 unspecified atom stereocenters. The minimum Gasteiger partial charge on any atom is -0.318 e. The van der Waals surface area contributed by atoms with E-state index in [1.54, 1.807) is 0 Å². The molecule has 88 valence electrons. The molecule has 0 aromatic heterocycles. The van der Waals surface area contributed by atoms with E-state index in [0.29, 0.717) is 0 Å². The molecule has 3 atom stereocenters. The number of rotatable bonds is 4. The first-order valence-electron chi connectivity index (χ1n) is 6.75. The van der Waals surface area contributed by atoms with Gasteiger partial charge in [0.05, 0.1) is 0 Å². The number of nitrogens with zero attached hydrogens (tertiary/aromatic N) is 1. The van der Waals surface area contributed by atoms with Crippen molar-refractivity contribution in [2.45, 2.75) is 57.5 Å². The summed E-state index contributed by atoms with van der Waals surface area (Å²) in [7, 11) is 2.08. The summed E-state index contributed by atoms with van der Waals surface area (Å²) in [5.41, 5.74) is 0. The van der Waals surface area contributed by atoms with Gasteiger partial charge in [-0.25, -0.2) is 0 Å². The molecule has 0 bridgehead atoms. The summed E-state index contributed by atoms with van der Waals surface area (Å²) in [6.07, 6.45) is 8.62. The topological polar surface area (TPSA) is 15.3 Å². The average Bonchev–Trinajstić information content (AvgIpc) is 2.85. The third kappa shape index (κ3) is 2.54. The molecule has 2 rings (SSSR count). The fraction of sp³-hybridized carbons (Fsp3) is 1.00. The first-order chi connectivity index (χ1) is 7.35. The minimum absolute atomic E-state index is 0.829. The summed E-state index contributed by atoms with van der Waals surface area (Å²) in [5, 5.41) is 3.35. The van der Waals surface area contributed by atoms with Crippen molar-refractivity contribution in [2.75, 3.05) is 20.1 Å². The first kappa shape index (κ1) is 11.4. The predicted octanol–water partition coefficient (Wildman–Crippen LogP) is 2.25. The molecule has 0 aromatic rings. The van der Waals surface area contributed by atoms with E-state index < -0.39 is 0 Å². The summed E-state index contributed by atoms with van der Waals surface area (Å²) in [6.45, 7) is 4.89. The minimum atomic E-state index is 0.829. The molecule has 2 nitrogen and oxygen atoms in total. The Kier molecular flexibility index (Phi) is 4.04. The van der Waals surface area contributed by atoms with E-state index in [1.165, 1.54) is 51.6 Å². The Bertz CT molecular complexity index is 193. The van der Waals surface area contributed by atoms with E-state index in [9.17, 15) is 0 Å². The van der Waals surface area contributed by atoms with E-state index >= 15 is 0 Å². The van der Waals surface area contributed by atoms with Gasteiger partial charge in [-0.1, -0.05) is 13.3 Å². The van der Waals surface area contributed by atoms with Crippen LogP contribution in [0.25, 0.3) is 0 Å². The van der Waals surface area contributed by atoms with Gasteiger partial charge in [-0.2, -0.15) is 0 Å². The largest absolute Gasteiger partial charge is 0.318 e. The van der Waals surface area contributed by atoms with E-state index in [4.69, 9.17) is 0 Å². The van der Waals surface area contributed by atoms with Crippen LogP contribution in [0.15, 0.2) is 0 Å². The monoisotopic (exact) mass is 210 g/mol. The van der Waals surface area contributed by atoms with Crippen LogP contribution >= 0.6 is 0 Å². The first-order valence-corrected chi connectivity index (χ1v) is 6.75. The normalized spacial score (nSPS) is 37.6. The maximum absolute atomic E-state index is 3.35. The lowest BCUT2D eigenvalue weighted by Gasteiger charge is -2.30. The Hall–Kier alpha value is -0.0800. The fourth-order valence-corrected chi connectivity index (χ4v) is 3.51. The smallest absolute Gasteiger partial charge is 0.0223 e. The van der Waals surface area contributed by atoms with E-state index in [1.807, 2.05) is 0 Å². The maximum Gasteiger partial charge on any atom is 0.0223 e. The molecule has 0 amide bonds. The summed E-state index contributed by atoms with van der Waals surface area (Å²) >= 11 is 0. The van der Waals surface area contributed by atoms with Crippen molar-refractivity contribution in [3.63, 3.8) is 0 Å². The lowest BCUT2D eigenvalue weighted by Crippen LogP contribution is -2.42. The highest BCUT2D eigenvalue weighted by Gasteiger charge is 2.34. The van der Waals surface area contributed by atoms with Gasteiger partial charge in [-0.05, 0) is 51.6 Å². The molecule has 2 heteroatoms. The van der Waals surface area contributed by atoms with Crippen LogP contribution < -0.4 is 5.32 Å². The second kappa shape index (κ2) is 5.31. The van der Waals surface area contributed by atoms with Crippen LogP contribution in [0.3, 0.4) is 0 Å². The maximum atomic E-state index is 3.35. The summed E-state index contributed by atoms with van der Waals surface area (Å²) < 4.78 is 0. The third-order valence-electron chi connectivity index (χ3n) is 4.42. The third-order valence-corrected chi connectivity index (χ3v) is 4.42. The zero-order valence-electron chi connectivity index (χ0n) is 10.3. The van der Waals surface area contributed by atoms with E-state index in [-0.39, 0.29) is 0 Å². The Balaban J connectivity index is 1.87. The molecule has 1 saturated heterocycles. The van der Waals surface area contributed by atoms with Crippen LogP contribution in [0.4, 0.5) is 0 Å². The van der Waals surface area contributed by atoms with Gasteiger partial charge in [0.15, 0.2) is 0 Å². The van der Waals surface area contributed by atoms with Gasteiger partial charge in [0, 0.05) is 18.6 Å². The standard InChI is InChI=1S/C13H26N2/c1-3-11-6-7-12(9-11)15-8-4-5-13(15)10-14-2/h11-14H,3-10H2,1-2H3. The Labute approximate surface area is 94.4 Å². The SMILES string of the molecule is CCC1CCC(N2CCCC2CNC)C1. The van der Waals surface area contributed by atoms with Gasteiger partial charge in [-0.3, -0.25) is 4.90 Å². The van der Waals surface area contributed by atoms with Gasteiger partial charge >= 0.3 is 0 Å². The van der Waals surface area contributed by atoms with Crippen molar-refractivity contribution in [3.8, 4) is 0 Å². The van der Waals surface area contributed by atoms with Gasteiger partial charge < -0.3 is 5.32 Å². The van der Waals surface area contributed by atoms with Gasteiger partial charge in [0.1, 0.15) is 0 Å². The molecule has 1 heterocycles. The van der Waals surface area contributed by atoms with Crippen molar-refractivity contribution >= 4 is 0 Å². The number of likely N-dealkylation sites (tertiary alicyclic amines) is 1. The lowest BCUT2D eigenvalue weighted by atomic mass is 10.0. The highest BCUT2D eigenvalue weighted by atomic mass is 15.2. The molecule has 1 N–H and O–H groups in total. The molecule has 0 spiro atoms. The molecular weight excluding hydrogens is 184 g/mol. The number of likely N-dealkylation sites (N-methyl/N-ethyl adjacent to an activating group) is 1. The van der Waals surface area contributed by atoms with Gasteiger partial charge in [-0.15, -0.1) is 0 Å². The van der Waals surface area contributed by atoms with Crippen LogP contribution in [0.2, 0.25) is 0 Å². The molecule has 1 saturated carbocycles. The molecule has 2 fully saturated rings. The molecule has 1 aliphatic carbocycles. The van der Waals surface area contributed by atoms with Crippen LogP contribution in [0, 0.1) is 5.92 Å². The second-order valence-corrected chi connectivity index (χ2v) is 5.33. The fourth-order valence-electron chi connectivity index (χ4n) is 3.51. The summed E-state index contributed by atoms with van der Waals surface area (Å²) in [6, 6.07) is 1.74. The summed E-state index contributed by atoms with van der Waals surface area (Å²) in [5.74, 6) is 1.02. The Morgan fingerprint density at radius 2 is 2.13 bits per heavy atom. The van der Waals surface area contributed by atoms with Crippen molar-refractivity contribution < 1.29 is 0 Å².